The predicted octanol–water partition coefficient (Wildman–Crippen LogP) is 2.68. The molecule has 0 saturated heterocycles. The number of halogens is 2. The molecule has 1 amide bonds. The number of rotatable bonds is 5. The van der Waals surface area contributed by atoms with Gasteiger partial charge in [-0.15, -0.1) is 0 Å². The summed E-state index contributed by atoms with van der Waals surface area (Å²) in [5.41, 5.74) is 0.577. The van der Waals surface area contributed by atoms with E-state index in [1.165, 1.54) is 24.7 Å². The van der Waals surface area contributed by atoms with Gasteiger partial charge in [0.2, 0.25) is 0 Å². The van der Waals surface area contributed by atoms with Crippen LogP contribution in [0.25, 0.3) is 0 Å². The standard InChI is InChI=1S/C10H11BrN2O3.C6H4BrNO2/c1-2-16-9(14)6-13-10(15)7-3-8(11)5-12-4-7;7-5-1-4(6(9)10)2-8-3-5/h3-5H,2,6H2,1H3,(H,13,15);1-3H,(H,9,10). The fourth-order valence-electron chi connectivity index (χ4n) is 1.53. The van der Waals surface area contributed by atoms with E-state index >= 15 is 0 Å². The highest BCUT2D eigenvalue weighted by Crippen LogP contribution is 2.09. The van der Waals surface area contributed by atoms with Gasteiger partial charge in [0.1, 0.15) is 6.54 Å². The Bertz CT molecular complexity index is 786. The molecule has 2 N–H and O–H groups in total. The summed E-state index contributed by atoms with van der Waals surface area (Å²) in [6.07, 6.45) is 5.83. The molecule has 8 nitrogen and oxygen atoms in total. The number of carboxylic acid groups (broad SMARTS) is 1. The maximum absolute atomic E-state index is 11.5. The Kier molecular flexibility index (Phi) is 9.45. The summed E-state index contributed by atoms with van der Waals surface area (Å²) in [6.45, 7) is 1.87. The van der Waals surface area contributed by atoms with E-state index in [-0.39, 0.29) is 18.0 Å². The Morgan fingerprint density at radius 3 is 2.04 bits per heavy atom. The number of aromatic carboxylic acids is 1. The minimum absolute atomic E-state index is 0.140. The summed E-state index contributed by atoms with van der Waals surface area (Å²) in [7, 11) is 0. The zero-order valence-corrected chi connectivity index (χ0v) is 16.8. The van der Waals surface area contributed by atoms with Gasteiger partial charge in [0, 0.05) is 33.7 Å². The number of hydrogen-bond donors (Lipinski definition) is 2. The third kappa shape index (κ3) is 8.17. The molecule has 0 aromatic carbocycles. The molecule has 0 unspecified atom stereocenters. The Morgan fingerprint density at radius 2 is 1.58 bits per heavy atom. The molecular weight excluding hydrogens is 474 g/mol. The van der Waals surface area contributed by atoms with E-state index in [9.17, 15) is 14.4 Å². The molecule has 2 aromatic rings. The summed E-state index contributed by atoms with van der Waals surface area (Å²) in [5.74, 6) is -1.78. The number of carbonyl (C=O) groups excluding carboxylic acids is 2. The van der Waals surface area contributed by atoms with Crippen LogP contribution in [0.5, 0.6) is 0 Å². The molecule has 0 aliphatic carbocycles. The lowest BCUT2D eigenvalue weighted by molar-refractivity contribution is -0.141. The number of nitrogens with one attached hydrogen (secondary N) is 1. The van der Waals surface area contributed by atoms with Gasteiger partial charge < -0.3 is 15.2 Å². The molecular formula is C16H15Br2N3O5. The van der Waals surface area contributed by atoms with Crippen molar-refractivity contribution in [2.45, 2.75) is 6.92 Å². The van der Waals surface area contributed by atoms with Gasteiger partial charge in [-0.2, -0.15) is 0 Å². The van der Waals surface area contributed by atoms with Crippen molar-refractivity contribution >= 4 is 49.7 Å². The van der Waals surface area contributed by atoms with Gasteiger partial charge in [-0.3, -0.25) is 19.6 Å². The largest absolute Gasteiger partial charge is 0.478 e. The number of carbonyl (C=O) groups is 3. The van der Waals surface area contributed by atoms with E-state index in [4.69, 9.17) is 5.11 Å². The van der Waals surface area contributed by atoms with E-state index in [0.717, 1.165) is 0 Å². The first-order chi connectivity index (χ1) is 12.3. The van der Waals surface area contributed by atoms with Gasteiger partial charge in [0.25, 0.3) is 5.91 Å². The van der Waals surface area contributed by atoms with Crippen LogP contribution in [-0.4, -0.2) is 46.1 Å². The summed E-state index contributed by atoms with van der Waals surface area (Å²) in [5, 5.41) is 10.9. The quantitative estimate of drug-likeness (QED) is 0.621. The molecule has 0 aliphatic heterocycles. The first-order valence-electron chi connectivity index (χ1n) is 7.21. The third-order valence-corrected chi connectivity index (χ3v) is 3.48. The van der Waals surface area contributed by atoms with Gasteiger partial charge in [-0.25, -0.2) is 4.79 Å². The lowest BCUT2D eigenvalue weighted by Gasteiger charge is -2.04. The van der Waals surface area contributed by atoms with Crippen molar-refractivity contribution in [1.29, 1.82) is 0 Å². The Hall–Kier alpha value is -2.33. The highest BCUT2D eigenvalue weighted by Gasteiger charge is 2.08. The van der Waals surface area contributed by atoms with Crippen LogP contribution >= 0.6 is 31.9 Å². The molecule has 0 fully saturated rings. The third-order valence-electron chi connectivity index (χ3n) is 2.62. The first-order valence-corrected chi connectivity index (χ1v) is 8.80. The average Bonchev–Trinajstić information content (AvgIpc) is 2.60. The Morgan fingerprint density at radius 1 is 1.04 bits per heavy atom. The average molecular weight is 489 g/mol. The second-order valence-corrected chi connectivity index (χ2v) is 6.41. The van der Waals surface area contributed by atoms with Crippen LogP contribution in [0.15, 0.2) is 45.9 Å². The van der Waals surface area contributed by atoms with Gasteiger partial charge in [-0.05, 0) is 50.9 Å². The van der Waals surface area contributed by atoms with E-state index < -0.39 is 11.9 Å². The van der Waals surface area contributed by atoms with Crippen molar-refractivity contribution in [1.82, 2.24) is 15.3 Å². The minimum Gasteiger partial charge on any atom is -0.478 e. The molecule has 138 valence electrons. The molecule has 2 rings (SSSR count). The van der Waals surface area contributed by atoms with Gasteiger partial charge in [0.05, 0.1) is 17.7 Å². The van der Waals surface area contributed by atoms with E-state index in [1.807, 2.05) is 0 Å². The maximum Gasteiger partial charge on any atom is 0.337 e. The lowest BCUT2D eigenvalue weighted by atomic mass is 10.3. The van der Waals surface area contributed by atoms with Crippen LogP contribution in [0.4, 0.5) is 0 Å². The molecule has 2 aromatic heterocycles. The van der Waals surface area contributed by atoms with Crippen molar-refractivity contribution in [3.63, 3.8) is 0 Å². The van der Waals surface area contributed by atoms with Crippen molar-refractivity contribution in [3.05, 3.63) is 57.0 Å². The molecule has 2 heterocycles. The minimum atomic E-state index is -0.964. The lowest BCUT2D eigenvalue weighted by Crippen LogP contribution is -2.30. The van der Waals surface area contributed by atoms with E-state index in [2.05, 4.69) is 51.9 Å². The second kappa shape index (κ2) is 11.3. The fourth-order valence-corrected chi connectivity index (χ4v) is 2.26. The zero-order valence-electron chi connectivity index (χ0n) is 13.6. The smallest absolute Gasteiger partial charge is 0.337 e. The van der Waals surface area contributed by atoms with Crippen LogP contribution < -0.4 is 5.32 Å². The van der Waals surface area contributed by atoms with Crippen LogP contribution in [0, 0.1) is 0 Å². The van der Waals surface area contributed by atoms with E-state index in [0.29, 0.717) is 21.1 Å². The number of amides is 1. The number of esters is 1. The summed E-state index contributed by atoms with van der Waals surface area (Å²) in [4.78, 5) is 40.3. The molecule has 10 heteroatoms. The molecule has 0 radical (unpaired) electrons. The molecule has 26 heavy (non-hydrogen) atoms. The number of aromatic nitrogens is 2. The zero-order chi connectivity index (χ0) is 19.5. The normalized spacial score (nSPS) is 9.50. The van der Waals surface area contributed by atoms with Crippen LogP contribution in [0.3, 0.4) is 0 Å². The highest BCUT2D eigenvalue weighted by molar-refractivity contribution is 9.10. The molecule has 0 aliphatic rings. The summed E-state index contributed by atoms with van der Waals surface area (Å²) >= 11 is 6.31. The molecule has 0 spiro atoms. The van der Waals surface area contributed by atoms with Gasteiger partial charge in [0.15, 0.2) is 0 Å². The molecule has 0 saturated carbocycles. The Labute approximate surface area is 166 Å². The number of carboxylic acids is 1. The predicted molar refractivity (Wildman–Crippen MR) is 99.8 cm³/mol. The van der Waals surface area contributed by atoms with Crippen molar-refractivity contribution in [2.75, 3.05) is 13.2 Å². The number of hydrogen-bond acceptors (Lipinski definition) is 6. The maximum atomic E-state index is 11.5. The SMILES string of the molecule is CCOC(=O)CNC(=O)c1cncc(Br)c1.O=C(O)c1cncc(Br)c1. The number of pyridine rings is 2. The van der Waals surface area contributed by atoms with Crippen molar-refractivity contribution in [2.24, 2.45) is 0 Å². The Balaban J connectivity index is 0.000000289. The van der Waals surface area contributed by atoms with Crippen LogP contribution in [0.1, 0.15) is 27.6 Å². The fraction of sp³-hybridized carbons (Fsp3) is 0.188. The van der Waals surface area contributed by atoms with E-state index in [1.54, 1.807) is 19.2 Å². The number of ether oxygens (including phenoxy) is 1. The van der Waals surface area contributed by atoms with Gasteiger partial charge >= 0.3 is 11.9 Å². The summed E-state index contributed by atoms with van der Waals surface area (Å²) in [6, 6.07) is 3.11. The first kappa shape index (κ1) is 21.7. The van der Waals surface area contributed by atoms with Crippen molar-refractivity contribution in [3.8, 4) is 0 Å². The molecule has 0 bridgehead atoms. The molecule has 0 atom stereocenters. The topological polar surface area (TPSA) is 118 Å². The van der Waals surface area contributed by atoms with Crippen LogP contribution in [-0.2, 0) is 9.53 Å². The highest BCUT2D eigenvalue weighted by atomic mass is 79.9. The number of nitrogens with zero attached hydrogens (tertiary/aromatic N) is 2. The second-order valence-electron chi connectivity index (χ2n) is 4.58. The van der Waals surface area contributed by atoms with Crippen LogP contribution in [0.2, 0.25) is 0 Å². The summed E-state index contributed by atoms with van der Waals surface area (Å²) < 4.78 is 6.05. The monoisotopic (exact) mass is 487 g/mol. The van der Waals surface area contributed by atoms with Crippen molar-refractivity contribution < 1.29 is 24.2 Å². The van der Waals surface area contributed by atoms with Gasteiger partial charge in [-0.1, -0.05) is 0 Å².